The predicted molar refractivity (Wildman–Crippen MR) is 124 cm³/mol. The SMILES string of the molecule is NCCCC[C@H](N)C(=O)NCCC(C(=O)OCc1ccccc1)C(=O)OCc1ccccc1. The topological polar surface area (TPSA) is 134 Å². The average Bonchev–Trinajstić information content (AvgIpc) is 2.85. The molecule has 0 bridgehead atoms. The predicted octanol–water partition coefficient (Wildman–Crippen LogP) is 2.05. The lowest BCUT2D eigenvalue weighted by Crippen LogP contribution is -2.42. The molecule has 0 aromatic heterocycles. The number of carbonyl (C=O) groups excluding carboxylic acids is 3. The van der Waals surface area contributed by atoms with Crippen LogP contribution in [0.15, 0.2) is 60.7 Å². The molecule has 0 fully saturated rings. The molecule has 8 heteroatoms. The third-order valence-corrected chi connectivity index (χ3v) is 5.06. The van der Waals surface area contributed by atoms with E-state index >= 15 is 0 Å². The van der Waals surface area contributed by atoms with Crippen molar-refractivity contribution in [2.45, 2.75) is 44.9 Å². The Balaban J connectivity index is 1.91. The Morgan fingerprint density at radius 1 is 0.788 bits per heavy atom. The lowest BCUT2D eigenvalue weighted by atomic mass is 10.1. The lowest BCUT2D eigenvalue weighted by molar-refractivity contribution is -0.164. The number of nitrogens with two attached hydrogens (primary N) is 2. The van der Waals surface area contributed by atoms with Gasteiger partial charge in [0.1, 0.15) is 13.2 Å². The maximum absolute atomic E-state index is 12.7. The Hall–Kier alpha value is -3.23. The van der Waals surface area contributed by atoms with Gasteiger partial charge >= 0.3 is 11.9 Å². The number of amides is 1. The van der Waals surface area contributed by atoms with Crippen molar-refractivity contribution in [1.82, 2.24) is 5.32 Å². The van der Waals surface area contributed by atoms with Crippen LogP contribution in [0, 0.1) is 5.92 Å². The first kappa shape index (κ1) is 26.0. The standard InChI is InChI=1S/C25H33N3O5/c26-15-8-7-13-22(27)23(29)28-16-14-21(24(30)32-17-19-9-3-1-4-10-19)25(31)33-18-20-11-5-2-6-12-20/h1-6,9-12,21-22H,7-8,13-18,26-27H2,(H,28,29)/t22-/m0/s1. The summed E-state index contributed by atoms with van der Waals surface area (Å²) in [5, 5.41) is 2.69. The maximum Gasteiger partial charge on any atom is 0.320 e. The van der Waals surface area contributed by atoms with Gasteiger partial charge in [-0.15, -0.1) is 0 Å². The van der Waals surface area contributed by atoms with E-state index in [1.54, 1.807) is 0 Å². The molecule has 0 aliphatic carbocycles. The minimum absolute atomic E-state index is 0.0422. The van der Waals surface area contributed by atoms with Crippen LogP contribution in [0.25, 0.3) is 0 Å². The summed E-state index contributed by atoms with van der Waals surface area (Å²) in [5.41, 5.74) is 12.9. The number of carbonyl (C=O) groups is 3. The van der Waals surface area contributed by atoms with E-state index in [-0.39, 0.29) is 32.1 Å². The number of nitrogens with one attached hydrogen (secondary N) is 1. The van der Waals surface area contributed by atoms with Gasteiger partial charge in [0.2, 0.25) is 5.91 Å². The zero-order valence-electron chi connectivity index (χ0n) is 18.8. The van der Waals surface area contributed by atoms with Gasteiger partial charge in [-0.05, 0) is 36.9 Å². The number of ether oxygens (including phenoxy) is 2. The summed E-state index contributed by atoms with van der Waals surface area (Å²) in [6.45, 7) is 0.724. The first-order valence-corrected chi connectivity index (χ1v) is 11.2. The highest BCUT2D eigenvalue weighted by molar-refractivity contribution is 5.95. The van der Waals surface area contributed by atoms with E-state index < -0.39 is 23.9 Å². The van der Waals surface area contributed by atoms with Crippen LogP contribution in [0.2, 0.25) is 0 Å². The second kappa shape index (κ2) is 14.8. The fraction of sp³-hybridized carbons (Fsp3) is 0.400. The molecule has 178 valence electrons. The quantitative estimate of drug-likeness (QED) is 0.225. The second-order valence-electron chi connectivity index (χ2n) is 7.71. The van der Waals surface area contributed by atoms with Crippen LogP contribution in [0.4, 0.5) is 0 Å². The third-order valence-electron chi connectivity index (χ3n) is 5.06. The number of hydrogen-bond donors (Lipinski definition) is 3. The number of rotatable bonds is 14. The van der Waals surface area contributed by atoms with Crippen molar-refractivity contribution in [2.24, 2.45) is 17.4 Å². The molecule has 5 N–H and O–H groups in total. The highest BCUT2D eigenvalue weighted by Gasteiger charge is 2.30. The molecule has 0 heterocycles. The number of unbranched alkanes of at least 4 members (excludes halogenated alkanes) is 1. The molecule has 0 saturated heterocycles. The van der Waals surface area contributed by atoms with Crippen LogP contribution < -0.4 is 16.8 Å². The Labute approximate surface area is 194 Å². The van der Waals surface area contributed by atoms with Crippen molar-refractivity contribution in [1.29, 1.82) is 0 Å². The van der Waals surface area contributed by atoms with Gasteiger partial charge in [0.25, 0.3) is 0 Å². The molecule has 0 saturated carbocycles. The Morgan fingerprint density at radius 3 is 1.79 bits per heavy atom. The molecule has 2 aromatic carbocycles. The Morgan fingerprint density at radius 2 is 1.30 bits per heavy atom. The zero-order chi connectivity index (χ0) is 23.9. The molecular weight excluding hydrogens is 422 g/mol. The highest BCUT2D eigenvalue weighted by atomic mass is 16.6. The zero-order valence-corrected chi connectivity index (χ0v) is 18.8. The van der Waals surface area contributed by atoms with Crippen molar-refractivity contribution in [2.75, 3.05) is 13.1 Å². The maximum atomic E-state index is 12.7. The van der Waals surface area contributed by atoms with E-state index in [4.69, 9.17) is 20.9 Å². The summed E-state index contributed by atoms with van der Waals surface area (Å²) in [5.74, 6) is -2.89. The minimum atomic E-state index is -1.16. The first-order valence-electron chi connectivity index (χ1n) is 11.2. The molecule has 0 radical (unpaired) electrons. The number of benzene rings is 2. The summed E-state index contributed by atoms with van der Waals surface area (Å²) in [4.78, 5) is 37.5. The van der Waals surface area contributed by atoms with Crippen molar-refractivity contribution in [3.05, 3.63) is 71.8 Å². The molecule has 0 aliphatic heterocycles. The summed E-state index contributed by atoms with van der Waals surface area (Å²) in [6.07, 6.45) is 2.11. The van der Waals surface area contributed by atoms with Gasteiger partial charge in [-0.1, -0.05) is 67.1 Å². The molecule has 8 nitrogen and oxygen atoms in total. The van der Waals surface area contributed by atoms with Gasteiger partial charge in [-0.2, -0.15) is 0 Å². The van der Waals surface area contributed by atoms with E-state index in [0.717, 1.165) is 24.0 Å². The van der Waals surface area contributed by atoms with Gasteiger partial charge in [-0.25, -0.2) is 0 Å². The van der Waals surface area contributed by atoms with Crippen LogP contribution >= 0.6 is 0 Å². The van der Waals surface area contributed by atoms with E-state index in [0.29, 0.717) is 13.0 Å². The number of hydrogen-bond acceptors (Lipinski definition) is 7. The highest BCUT2D eigenvalue weighted by Crippen LogP contribution is 2.13. The summed E-state index contributed by atoms with van der Waals surface area (Å²) >= 11 is 0. The molecule has 1 amide bonds. The minimum Gasteiger partial charge on any atom is -0.460 e. The third kappa shape index (κ3) is 9.84. The smallest absolute Gasteiger partial charge is 0.320 e. The van der Waals surface area contributed by atoms with Crippen LogP contribution in [-0.4, -0.2) is 37.0 Å². The van der Waals surface area contributed by atoms with Crippen LogP contribution in [0.1, 0.15) is 36.8 Å². The van der Waals surface area contributed by atoms with Crippen LogP contribution in [0.3, 0.4) is 0 Å². The van der Waals surface area contributed by atoms with E-state index in [9.17, 15) is 14.4 Å². The molecule has 33 heavy (non-hydrogen) atoms. The van der Waals surface area contributed by atoms with Gasteiger partial charge in [0.05, 0.1) is 6.04 Å². The Bertz CT molecular complexity index is 805. The van der Waals surface area contributed by atoms with Gasteiger partial charge in [0.15, 0.2) is 5.92 Å². The van der Waals surface area contributed by atoms with Crippen molar-refractivity contribution < 1.29 is 23.9 Å². The second-order valence-corrected chi connectivity index (χ2v) is 7.71. The summed E-state index contributed by atoms with van der Waals surface area (Å²) in [6, 6.07) is 17.7. The number of esters is 2. The summed E-state index contributed by atoms with van der Waals surface area (Å²) in [7, 11) is 0. The molecule has 0 spiro atoms. The van der Waals surface area contributed by atoms with Crippen molar-refractivity contribution in [3.8, 4) is 0 Å². The van der Waals surface area contributed by atoms with E-state index in [2.05, 4.69) is 5.32 Å². The normalized spacial score (nSPS) is 11.6. The summed E-state index contributed by atoms with van der Waals surface area (Å²) < 4.78 is 10.7. The van der Waals surface area contributed by atoms with Gasteiger partial charge in [-0.3, -0.25) is 14.4 Å². The van der Waals surface area contributed by atoms with Crippen molar-refractivity contribution >= 4 is 17.8 Å². The fourth-order valence-corrected chi connectivity index (χ4v) is 3.10. The Kier molecular flexibility index (Phi) is 11.6. The van der Waals surface area contributed by atoms with Crippen LogP contribution in [0.5, 0.6) is 0 Å². The average molecular weight is 456 g/mol. The molecule has 2 aromatic rings. The molecular formula is C25H33N3O5. The van der Waals surface area contributed by atoms with E-state index in [1.165, 1.54) is 0 Å². The molecule has 2 rings (SSSR count). The van der Waals surface area contributed by atoms with Gasteiger partial charge < -0.3 is 26.3 Å². The fourth-order valence-electron chi connectivity index (χ4n) is 3.10. The first-order chi connectivity index (χ1) is 16.0. The lowest BCUT2D eigenvalue weighted by Gasteiger charge is -2.17. The monoisotopic (exact) mass is 455 g/mol. The van der Waals surface area contributed by atoms with Crippen molar-refractivity contribution in [3.63, 3.8) is 0 Å². The van der Waals surface area contributed by atoms with E-state index in [1.807, 2.05) is 60.7 Å². The largest absolute Gasteiger partial charge is 0.460 e. The van der Waals surface area contributed by atoms with Crippen LogP contribution in [-0.2, 0) is 37.1 Å². The van der Waals surface area contributed by atoms with Gasteiger partial charge in [0, 0.05) is 6.54 Å². The molecule has 0 unspecified atom stereocenters. The molecule has 1 atom stereocenters. The molecule has 0 aliphatic rings.